The van der Waals surface area contributed by atoms with E-state index in [-0.39, 0.29) is 6.04 Å². The van der Waals surface area contributed by atoms with E-state index in [0.717, 1.165) is 22.6 Å². The van der Waals surface area contributed by atoms with Gasteiger partial charge in [0.1, 0.15) is 12.1 Å². The zero-order chi connectivity index (χ0) is 14.5. The SMILES string of the molecule is COc1cc(CC(N)c2cc(C)ccc2OC)ncn1. The van der Waals surface area contributed by atoms with Crippen LogP contribution in [0.3, 0.4) is 0 Å². The van der Waals surface area contributed by atoms with E-state index in [2.05, 4.69) is 9.97 Å². The molecule has 0 aliphatic rings. The van der Waals surface area contributed by atoms with Crippen molar-refractivity contribution in [2.45, 2.75) is 19.4 Å². The molecule has 0 aliphatic carbocycles. The molecule has 0 saturated heterocycles. The summed E-state index contributed by atoms with van der Waals surface area (Å²) in [4.78, 5) is 8.21. The molecular formula is C15H19N3O2. The van der Waals surface area contributed by atoms with Crippen LogP contribution >= 0.6 is 0 Å². The third-order valence-corrected chi connectivity index (χ3v) is 3.12. The van der Waals surface area contributed by atoms with Crippen LogP contribution in [-0.4, -0.2) is 24.2 Å². The summed E-state index contributed by atoms with van der Waals surface area (Å²) in [5.74, 6) is 1.34. The van der Waals surface area contributed by atoms with E-state index in [1.807, 2.05) is 25.1 Å². The predicted molar refractivity (Wildman–Crippen MR) is 76.9 cm³/mol. The van der Waals surface area contributed by atoms with Gasteiger partial charge in [-0.05, 0) is 13.0 Å². The fourth-order valence-corrected chi connectivity index (χ4v) is 2.08. The van der Waals surface area contributed by atoms with Crippen LogP contribution in [0.15, 0.2) is 30.6 Å². The molecule has 1 atom stereocenters. The summed E-state index contributed by atoms with van der Waals surface area (Å²) in [6, 6.07) is 7.59. The molecule has 0 saturated carbocycles. The van der Waals surface area contributed by atoms with Crippen molar-refractivity contribution in [1.29, 1.82) is 0 Å². The minimum Gasteiger partial charge on any atom is -0.496 e. The molecule has 0 fully saturated rings. The van der Waals surface area contributed by atoms with Crippen molar-refractivity contribution in [3.05, 3.63) is 47.4 Å². The number of hydrogen-bond acceptors (Lipinski definition) is 5. The summed E-state index contributed by atoms with van der Waals surface area (Å²) in [7, 11) is 3.23. The number of aryl methyl sites for hydroxylation is 1. The Kier molecular flexibility index (Phi) is 4.53. The molecule has 2 aromatic rings. The molecular weight excluding hydrogens is 254 g/mol. The Labute approximate surface area is 118 Å². The first kappa shape index (κ1) is 14.3. The van der Waals surface area contributed by atoms with Crippen LogP contribution in [-0.2, 0) is 6.42 Å². The minimum absolute atomic E-state index is 0.190. The molecule has 106 valence electrons. The van der Waals surface area contributed by atoms with E-state index in [0.29, 0.717) is 12.3 Å². The number of nitrogens with zero attached hydrogens (tertiary/aromatic N) is 2. The van der Waals surface area contributed by atoms with Crippen LogP contribution < -0.4 is 15.2 Å². The maximum Gasteiger partial charge on any atom is 0.216 e. The third-order valence-electron chi connectivity index (χ3n) is 3.12. The minimum atomic E-state index is -0.190. The average molecular weight is 273 g/mol. The highest BCUT2D eigenvalue weighted by Crippen LogP contribution is 2.27. The molecule has 2 rings (SSSR count). The van der Waals surface area contributed by atoms with E-state index < -0.39 is 0 Å². The predicted octanol–water partition coefficient (Wildman–Crippen LogP) is 2.04. The molecule has 0 aliphatic heterocycles. The lowest BCUT2D eigenvalue weighted by molar-refractivity contribution is 0.395. The van der Waals surface area contributed by atoms with Gasteiger partial charge in [-0.25, -0.2) is 9.97 Å². The van der Waals surface area contributed by atoms with Crippen LogP contribution in [0.25, 0.3) is 0 Å². The van der Waals surface area contributed by atoms with E-state index >= 15 is 0 Å². The van der Waals surface area contributed by atoms with Gasteiger partial charge in [0, 0.05) is 29.8 Å². The molecule has 0 radical (unpaired) electrons. The largest absolute Gasteiger partial charge is 0.496 e. The van der Waals surface area contributed by atoms with E-state index in [1.54, 1.807) is 20.3 Å². The smallest absolute Gasteiger partial charge is 0.216 e. The lowest BCUT2D eigenvalue weighted by Gasteiger charge is -2.16. The Morgan fingerprint density at radius 3 is 2.65 bits per heavy atom. The zero-order valence-corrected chi connectivity index (χ0v) is 12.0. The molecule has 0 spiro atoms. The number of hydrogen-bond donors (Lipinski definition) is 1. The van der Waals surface area contributed by atoms with Crippen LogP contribution in [0.2, 0.25) is 0 Å². The van der Waals surface area contributed by atoms with Crippen LogP contribution in [0, 0.1) is 6.92 Å². The van der Waals surface area contributed by atoms with Crippen LogP contribution in [0.5, 0.6) is 11.6 Å². The highest BCUT2D eigenvalue weighted by Gasteiger charge is 2.14. The average Bonchev–Trinajstić information content (AvgIpc) is 2.47. The second kappa shape index (κ2) is 6.34. The number of methoxy groups -OCH3 is 2. The molecule has 1 aromatic carbocycles. The Hall–Kier alpha value is -2.14. The quantitative estimate of drug-likeness (QED) is 0.902. The van der Waals surface area contributed by atoms with Gasteiger partial charge in [-0.3, -0.25) is 0 Å². The van der Waals surface area contributed by atoms with Gasteiger partial charge in [-0.2, -0.15) is 0 Å². The summed E-state index contributed by atoms with van der Waals surface area (Å²) in [5.41, 5.74) is 9.25. The van der Waals surface area contributed by atoms with Crippen LogP contribution in [0.4, 0.5) is 0 Å². The second-order valence-corrected chi connectivity index (χ2v) is 4.61. The normalized spacial score (nSPS) is 12.0. The molecule has 5 heteroatoms. The Balaban J connectivity index is 2.23. The maximum absolute atomic E-state index is 6.28. The first-order valence-corrected chi connectivity index (χ1v) is 6.39. The number of nitrogens with two attached hydrogens (primary N) is 1. The summed E-state index contributed by atoms with van der Waals surface area (Å²) < 4.78 is 10.5. The summed E-state index contributed by atoms with van der Waals surface area (Å²) in [6.45, 7) is 2.03. The van der Waals surface area contributed by atoms with Crippen molar-refractivity contribution < 1.29 is 9.47 Å². The molecule has 2 N–H and O–H groups in total. The zero-order valence-electron chi connectivity index (χ0n) is 12.0. The fourth-order valence-electron chi connectivity index (χ4n) is 2.08. The van der Waals surface area contributed by atoms with Gasteiger partial charge >= 0.3 is 0 Å². The van der Waals surface area contributed by atoms with Gasteiger partial charge in [0.05, 0.1) is 14.2 Å². The third kappa shape index (κ3) is 3.24. The van der Waals surface area contributed by atoms with Gasteiger partial charge < -0.3 is 15.2 Å². The Morgan fingerprint density at radius 2 is 1.95 bits per heavy atom. The fraction of sp³-hybridized carbons (Fsp3) is 0.333. The number of benzene rings is 1. The molecule has 0 amide bonds. The lowest BCUT2D eigenvalue weighted by atomic mass is 10.00. The van der Waals surface area contributed by atoms with Gasteiger partial charge in [-0.15, -0.1) is 0 Å². The first-order chi connectivity index (χ1) is 9.63. The summed E-state index contributed by atoms with van der Waals surface area (Å²) in [6.07, 6.45) is 2.08. The van der Waals surface area contributed by atoms with E-state index in [1.165, 1.54) is 6.33 Å². The maximum atomic E-state index is 6.28. The highest BCUT2D eigenvalue weighted by atomic mass is 16.5. The van der Waals surface area contributed by atoms with Crippen molar-refractivity contribution in [2.75, 3.05) is 14.2 Å². The van der Waals surface area contributed by atoms with Crippen molar-refractivity contribution in [3.8, 4) is 11.6 Å². The number of rotatable bonds is 5. The van der Waals surface area contributed by atoms with Crippen LogP contribution in [0.1, 0.15) is 22.9 Å². The van der Waals surface area contributed by atoms with E-state index in [4.69, 9.17) is 15.2 Å². The van der Waals surface area contributed by atoms with Gasteiger partial charge in [0.2, 0.25) is 5.88 Å². The Bertz CT molecular complexity index is 587. The van der Waals surface area contributed by atoms with Gasteiger partial charge in [-0.1, -0.05) is 17.7 Å². The monoisotopic (exact) mass is 273 g/mol. The lowest BCUT2D eigenvalue weighted by Crippen LogP contribution is -2.15. The molecule has 0 bridgehead atoms. The number of ether oxygens (including phenoxy) is 2. The first-order valence-electron chi connectivity index (χ1n) is 6.39. The molecule has 20 heavy (non-hydrogen) atoms. The van der Waals surface area contributed by atoms with Crippen molar-refractivity contribution in [2.24, 2.45) is 5.73 Å². The molecule has 1 unspecified atom stereocenters. The standard InChI is InChI=1S/C15H19N3O2/c1-10-4-5-14(19-2)12(6-10)13(16)7-11-8-15(20-3)18-9-17-11/h4-6,8-9,13H,7,16H2,1-3H3. The Morgan fingerprint density at radius 1 is 1.15 bits per heavy atom. The highest BCUT2D eigenvalue weighted by molar-refractivity contribution is 5.39. The molecule has 5 nitrogen and oxygen atoms in total. The second-order valence-electron chi connectivity index (χ2n) is 4.61. The topological polar surface area (TPSA) is 70.3 Å². The van der Waals surface area contributed by atoms with Crippen molar-refractivity contribution >= 4 is 0 Å². The van der Waals surface area contributed by atoms with E-state index in [9.17, 15) is 0 Å². The van der Waals surface area contributed by atoms with Gasteiger partial charge in [0.25, 0.3) is 0 Å². The van der Waals surface area contributed by atoms with Crippen molar-refractivity contribution in [3.63, 3.8) is 0 Å². The molecule has 1 aromatic heterocycles. The van der Waals surface area contributed by atoms with Crippen molar-refractivity contribution in [1.82, 2.24) is 9.97 Å². The summed E-state index contributed by atoms with van der Waals surface area (Å²) in [5, 5.41) is 0. The molecule has 1 heterocycles. The summed E-state index contributed by atoms with van der Waals surface area (Å²) >= 11 is 0. The van der Waals surface area contributed by atoms with Gasteiger partial charge in [0.15, 0.2) is 0 Å². The number of aromatic nitrogens is 2.